The van der Waals surface area contributed by atoms with Gasteiger partial charge in [0.2, 0.25) is 0 Å². The van der Waals surface area contributed by atoms with Crippen LogP contribution in [0.2, 0.25) is 0 Å². The zero-order valence-corrected chi connectivity index (χ0v) is 6.44. The molecule has 0 bridgehead atoms. The smallest absolute Gasteiger partial charge is 0.417 e. The van der Waals surface area contributed by atoms with Crippen molar-refractivity contribution < 1.29 is 14.3 Å². The maximum absolute atomic E-state index is 12.7. The Hall–Kier alpha value is -1.91. The van der Waals surface area contributed by atoms with Crippen molar-refractivity contribution in [1.29, 1.82) is 0 Å². The molecule has 1 aromatic heterocycles. The molecule has 0 fully saturated rings. The zero-order chi connectivity index (χ0) is 9.42. The average Bonchev–Trinajstić information content (AvgIpc) is 2.46. The molecule has 0 radical (unpaired) electrons. The highest BCUT2D eigenvalue weighted by molar-refractivity contribution is 5.85. The number of nitrogens with zero attached hydrogens (tertiary/aromatic N) is 2. The Morgan fingerprint density at radius 2 is 2.31 bits per heavy atom. The molecule has 0 saturated carbocycles. The van der Waals surface area contributed by atoms with Crippen LogP contribution < -0.4 is 0 Å². The Labute approximate surface area is 72.2 Å². The number of imidazole rings is 1. The van der Waals surface area contributed by atoms with E-state index in [1.54, 1.807) is 0 Å². The molecule has 0 atom stereocenters. The zero-order valence-electron chi connectivity index (χ0n) is 6.44. The Balaban J connectivity index is 2.79. The van der Waals surface area contributed by atoms with Gasteiger partial charge in [-0.25, -0.2) is 18.7 Å². The van der Waals surface area contributed by atoms with Gasteiger partial charge >= 0.3 is 6.09 Å². The number of benzene rings is 1. The van der Waals surface area contributed by atoms with E-state index in [-0.39, 0.29) is 5.52 Å². The number of fused-ring (bicyclic) bond motifs is 1. The largest absolute Gasteiger partial charge is 0.464 e. The summed E-state index contributed by atoms with van der Waals surface area (Å²) in [7, 11) is 0. The third kappa shape index (κ3) is 1.14. The first kappa shape index (κ1) is 7.72. The number of aromatic nitrogens is 2. The van der Waals surface area contributed by atoms with Crippen LogP contribution in [-0.2, 0) is 0 Å². The molecule has 1 aromatic carbocycles. The highest BCUT2D eigenvalue weighted by Gasteiger charge is 2.07. The third-order valence-electron chi connectivity index (χ3n) is 1.72. The maximum Gasteiger partial charge on any atom is 0.417 e. The Morgan fingerprint density at radius 1 is 1.54 bits per heavy atom. The quantitative estimate of drug-likeness (QED) is 0.671. The lowest BCUT2D eigenvalue weighted by molar-refractivity contribution is 0.197. The number of carbonyl (C=O) groups is 1. The third-order valence-corrected chi connectivity index (χ3v) is 1.72. The van der Waals surface area contributed by atoms with Crippen molar-refractivity contribution in [1.82, 2.24) is 9.55 Å². The molecule has 4 nitrogen and oxygen atoms in total. The van der Waals surface area contributed by atoms with Gasteiger partial charge in [0, 0.05) is 6.07 Å². The normalized spacial score (nSPS) is 10.5. The Bertz CT molecular complexity index is 478. The average molecular weight is 180 g/mol. The molecule has 5 heteroatoms. The van der Waals surface area contributed by atoms with Crippen molar-refractivity contribution in [3.63, 3.8) is 0 Å². The number of hydrogen-bond donors (Lipinski definition) is 1. The second kappa shape index (κ2) is 2.55. The fourth-order valence-corrected chi connectivity index (χ4v) is 1.13. The van der Waals surface area contributed by atoms with E-state index in [2.05, 4.69) is 4.98 Å². The Morgan fingerprint density at radius 3 is 3.00 bits per heavy atom. The minimum atomic E-state index is -1.17. The maximum atomic E-state index is 12.7. The van der Waals surface area contributed by atoms with E-state index in [4.69, 9.17) is 5.11 Å². The topological polar surface area (TPSA) is 55.1 Å². The van der Waals surface area contributed by atoms with Crippen LogP contribution in [-0.4, -0.2) is 20.8 Å². The summed E-state index contributed by atoms with van der Waals surface area (Å²) in [5, 5.41) is 8.66. The number of rotatable bonds is 0. The molecule has 2 rings (SSSR count). The second-order valence-corrected chi connectivity index (χ2v) is 2.53. The van der Waals surface area contributed by atoms with E-state index in [9.17, 15) is 9.18 Å². The van der Waals surface area contributed by atoms with Gasteiger partial charge in [-0.1, -0.05) is 0 Å². The lowest BCUT2D eigenvalue weighted by Crippen LogP contribution is -2.05. The monoisotopic (exact) mass is 180 g/mol. The van der Waals surface area contributed by atoms with Crippen LogP contribution in [0.25, 0.3) is 11.0 Å². The van der Waals surface area contributed by atoms with E-state index in [1.807, 2.05) is 0 Å². The first-order valence-electron chi connectivity index (χ1n) is 3.54. The minimum Gasteiger partial charge on any atom is -0.464 e. The van der Waals surface area contributed by atoms with Crippen molar-refractivity contribution >= 4 is 17.1 Å². The molecule has 0 amide bonds. The predicted octanol–water partition coefficient (Wildman–Crippen LogP) is 1.70. The molecule has 0 spiro atoms. The summed E-state index contributed by atoms with van der Waals surface area (Å²) >= 11 is 0. The van der Waals surface area contributed by atoms with Crippen LogP contribution in [0.4, 0.5) is 9.18 Å². The standard InChI is InChI=1S/C8H5FN2O2/c9-5-1-2-6-7(3-5)11(4-10-6)8(12)13/h1-4H,(H,12,13). The highest BCUT2D eigenvalue weighted by Crippen LogP contribution is 2.13. The summed E-state index contributed by atoms with van der Waals surface area (Å²) in [4.78, 5) is 14.4. The van der Waals surface area contributed by atoms with E-state index in [0.29, 0.717) is 5.52 Å². The molecule has 0 aliphatic rings. The lowest BCUT2D eigenvalue weighted by atomic mass is 10.3. The molecule has 1 N–H and O–H groups in total. The van der Waals surface area contributed by atoms with Gasteiger partial charge in [-0.15, -0.1) is 0 Å². The molecule has 0 unspecified atom stereocenters. The van der Waals surface area contributed by atoms with Crippen LogP contribution in [0.1, 0.15) is 0 Å². The van der Waals surface area contributed by atoms with E-state index >= 15 is 0 Å². The van der Waals surface area contributed by atoms with E-state index in [0.717, 1.165) is 17.0 Å². The molecule has 0 aliphatic carbocycles. The van der Waals surface area contributed by atoms with Crippen LogP contribution in [0, 0.1) is 5.82 Å². The van der Waals surface area contributed by atoms with Crippen molar-refractivity contribution in [3.8, 4) is 0 Å². The van der Waals surface area contributed by atoms with Crippen molar-refractivity contribution in [2.75, 3.05) is 0 Å². The molecule has 0 aliphatic heterocycles. The first-order valence-corrected chi connectivity index (χ1v) is 3.54. The van der Waals surface area contributed by atoms with Crippen molar-refractivity contribution in [3.05, 3.63) is 30.3 Å². The number of carboxylic acid groups (broad SMARTS) is 1. The summed E-state index contributed by atoms with van der Waals surface area (Å²) in [5.41, 5.74) is 0.719. The van der Waals surface area contributed by atoms with Gasteiger partial charge in [0.05, 0.1) is 11.0 Å². The summed E-state index contributed by atoms with van der Waals surface area (Å²) in [6, 6.07) is 3.81. The summed E-state index contributed by atoms with van der Waals surface area (Å²) in [5.74, 6) is -0.476. The predicted molar refractivity (Wildman–Crippen MR) is 43.1 cm³/mol. The summed E-state index contributed by atoms with van der Waals surface area (Å²) in [6.07, 6.45) is -0.0278. The molecular formula is C8H5FN2O2. The molecule has 13 heavy (non-hydrogen) atoms. The van der Waals surface area contributed by atoms with Gasteiger partial charge in [0.25, 0.3) is 0 Å². The SMILES string of the molecule is O=C(O)n1cnc2ccc(F)cc21. The number of halogens is 1. The van der Waals surface area contributed by atoms with E-state index in [1.165, 1.54) is 12.1 Å². The number of hydrogen-bond acceptors (Lipinski definition) is 2. The minimum absolute atomic E-state index is 0.257. The summed E-state index contributed by atoms with van der Waals surface area (Å²) in [6.45, 7) is 0. The van der Waals surface area contributed by atoms with Crippen LogP contribution >= 0.6 is 0 Å². The van der Waals surface area contributed by atoms with Crippen LogP contribution in [0.3, 0.4) is 0 Å². The van der Waals surface area contributed by atoms with Gasteiger partial charge in [0.1, 0.15) is 12.1 Å². The van der Waals surface area contributed by atoms with Crippen LogP contribution in [0.5, 0.6) is 0 Å². The molecule has 1 heterocycles. The van der Waals surface area contributed by atoms with Crippen LogP contribution in [0.15, 0.2) is 24.5 Å². The second-order valence-electron chi connectivity index (χ2n) is 2.53. The van der Waals surface area contributed by atoms with Gasteiger partial charge < -0.3 is 5.11 Å². The highest BCUT2D eigenvalue weighted by atomic mass is 19.1. The van der Waals surface area contributed by atoms with Gasteiger partial charge in [0.15, 0.2) is 0 Å². The molecule has 66 valence electrons. The lowest BCUT2D eigenvalue weighted by Gasteiger charge is -1.94. The van der Waals surface area contributed by atoms with Crippen molar-refractivity contribution in [2.24, 2.45) is 0 Å². The molecular weight excluding hydrogens is 175 g/mol. The van der Waals surface area contributed by atoms with E-state index < -0.39 is 11.9 Å². The summed E-state index contributed by atoms with van der Waals surface area (Å²) < 4.78 is 13.6. The molecule has 2 aromatic rings. The van der Waals surface area contributed by atoms with Crippen molar-refractivity contribution in [2.45, 2.75) is 0 Å². The van der Waals surface area contributed by atoms with Gasteiger partial charge in [-0.3, -0.25) is 0 Å². The first-order chi connectivity index (χ1) is 6.18. The van der Waals surface area contributed by atoms with Gasteiger partial charge in [-0.05, 0) is 12.1 Å². The van der Waals surface area contributed by atoms with Gasteiger partial charge in [-0.2, -0.15) is 0 Å². The molecule has 0 saturated heterocycles. The Kier molecular flexibility index (Phi) is 1.51. The fraction of sp³-hybridized carbons (Fsp3) is 0. The fourth-order valence-electron chi connectivity index (χ4n) is 1.13.